The van der Waals surface area contributed by atoms with Gasteiger partial charge in [-0.3, -0.25) is 20.3 Å². The van der Waals surface area contributed by atoms with Gasteiger partial charge in [0.2, 0.25) is 6.79 Å². The van der Waals surface area contributed by atoms with Crippen molar-refractivity contribution in [2.45, 2.75) is 11.8 Å². The zero-order valence-electron chi connectivity index (χ0n) is 13.4. The average molecular weight is 379 g/mol. The number of non-ortho nitro benzene ring substituents is 1. The van der Waals surface area contributed by atoms with Crippen molar-refractivity contribution < 1.29 is 27.6 Å². The van der Waals surface area contributed by atoms with Gasteiger partial charge in [0.1, 0.15) is 0 Å². The third-order valence-corrected chi connectivity index (χ3v) is 5.00. The molecule has 0 aliphatic carbocycles. The van der Waals surface area contributed by atoms with Crippen LogP contribution in [-0.2, 0) is 10.0 Å². The molecule has 1 heterocycles. The predicted molar refractivity (Wildman–Crippen MR) is 88.2 cm³/mol. The summed E-state index contributed by atoms with van der Waals surface area (Å²) in [6.45, 7) is 1.52. The van der Waals surface area contributed by atoms with Crippen molar-refractivity contribution in [3.8, 4) is 11.5 Å². The number of rotatable bonds is 5. The number of carbonyl (C=O) groups is 1. The highest BCUT2D eigenvalue weighted by molar-refractivity contribution is 7.89. The molecule has 1 aliphatic rings. The number of hydrazine groups is 1. The average Bonchev–Trinajstić information content (AvgIpc) is 3.07. The molecule has 3 rings (SSSR count). The van der Waals surface area contributed by atoms with Gasteiger partial charge in [-0.2, -0.15) is 0 Å². The maximum atomic E-state index is 12.4. The Morgan fingerprint density at radius 1 is 1.15 bits per heavy atom. The van der Waals surface area contributed by atoms with Gasteiger partial charge in [0.15, 0.2) is 11.5 Å². The summed E-state index contributed by atoms with van der Waals surface area (Å²) in [6, 6.07) is 7.80. The van der Waals surface area contributed by atoms with Crippen LogP contribution in [-0.4, -0.2) is 26.0 Å². The lowest BCUT2D eigenvalue weighted by atomic mass is 10.2. The molecular weight excluding hydrogens is 366 g/mol. The highest BCUT2D eigenvalue weighted by Gasteiger charge is 2.22. The van der Waals surface area contributed by atoms with E-state index in [1.165, 1.54) is 37.3 Å². The van der Waals surface area contributed by atoms with E-state index < -0.39 is 20.9 Å². The Balaban J connectivity index is 1.77. The number of aryl methyl sites for hydroxylation is 1. The SMILES string of the molecule is Cc1ccc([N+](=O)[O-])cc1S(=O)(=O)NNC(=O)c1ccc2c(c1)OCO2. The number of fused-ring (bicyclic) bond motifs is 1. The molecule has 2 N–H and O–H groups in total. The Kier molecular flexibility index (Phi) is 4.49. The van der Waals surface area contributed by atoms with Crippen molar-refractivity contribution in [1.82, 2.24) is 10.3 Å². The van der Waals surface area contributed by atoms with Gasteiger partial charge >= 0.3 is 0 Å². The third kappa shape index (κ3) is 3.43. The molecule has 0 atom stereocenters. The maximum Gasteiger partial charge on any atom is 0.270 e. The largest absolute Gasteiger partial charge is 0.454 e. The zero-order valence-corrected chi connectivity index (χ0v) is 14.2. The minimum absolute atomic E-state index is 0.0408. The fourth-order valence-corrected chi connectivity index (χ4v) is 3.38. The van der Waals surface area contributed by atoms with Crippen LogP contribution in [0.5, 0.6) is 11.5 Å². The van der Waals surface area contributed by atoms with E-state index in [4.69, 9.17) is 9.47 Å². The van der Waals surface area contributed by atoms with E-state index in [-0.39, 0.29) is 22.9 Å². The number of nitrogens with zero attached hydrogens (tertiary/aromatic N) is 1. The zero-order chi connectivity index (χ0) is 18.9. The Hall–Kier alpha value is -3.18. The smallest absolute Gasteiger partial charge is 0.270 e. The summed E-state index contributed by atoms with van der Waals surface area (Å²) in [7, 11) is -4.20. The first-order chi connectivity index (χ1) is 12.3. The molecule has 0 unspecified atom stereocenters. The van der Waals surface area contributed by atoms with E-state index in [9.17, 15) is 23.3 Å². The molecule has 2 aromatic rings. The second-order valence-corrected chi connectivity index (χ2v) is 6.99. The molecule has 10 nitrogen and oxygen atoms in total. The number of ether oxygens (including phenoxy) is 2. The number of nitro benzene ring substituents is 1. The van der Waals surface area contributed by atoms with Crippen LogP contribution in [0.25, 0.3) is 0 Å². The van der Waals surface area contributed by atoms with E-state index in [2.05, 4.69) is 5.43 Å². The fraction of sp³-hybridized carbons (Fsp3) is 0.133. The van der Waals surface area contributed by atoms with Crippen LogP contribution in [0.2, 0.25) is 0 Å². The number of hydrogen-bond donors (Lipinski definition) is 2. The molecule has 0 radical (unpaired) electrons. The van der Waals surface area contributed by atoms with Gasteiger partial charge in [0, 0.05) is 17.7 Å². The first-order valence-electron chi connectivity index (χ1n) is 7.25. The minimum atomic E-state index is -4.20. The molecule has 0 aromatic heterocycles. The summed E-state index contributed by atoms with van der Waals surface area (Å²) in [4.78, 5) is 23.9. The van der Waals surface area contributed by atoms with E-state index in [1.54, 1.807) is 0 Å². The summed E-state index contributed by atoms with van der Waals surface area (Å²) in [5.41, 5.74) is 2.12. The quantitative estimate of drug-likeness (QED) is 0.589. The molecule has 0 fully saturated rings. The number of benzene rings is 2. The molecule has 2 aromatic carbocycles. The Labute approximate surface area is 147 Å². The first-order valence-corrected chi connectivity index (χ1v) is 8.73. The highest BCUT2D eigenvalue weighted by atomic mass is 32.2. The number of nitro groups is 1. The number of sulfonamides is 1. The van der Waals surface area contributed by atoms with Crippen molar-refractivity contribution >= 4 is 21.6 Å². The lowest BCUT2D eigenvalue weighted by Crippen LogP contribution is -2.41. The van der Waals surface area contributed by atoms with Crippen LogP contribution >= 0.6 is 0 Å². The number of hydrogen-bond acceptors (Lipinski definition) is 7. The fourth-order valence-electron chi connectivity index (χ4n) is 2.27. The van der Waals surface area contributed by atoms with Crippen molar-refractivity contribution in [1.29, 1.82) is 0 Å². The van der Waals surface area contributed by atoms with Crippen LogP contribution in [0.1, 0.15) is 15.9 Å². The van der Waals surface area contributed by atoms with E-state index in [1.807, 2.05) is 4.83 Å². The summed E-state index contributed by atoms with van der Waals surface area (Å²) in [5, 5.41) is 10.8. The van der Waals surface area contributed by atoms with Crippen molar-refractivity contribution in [2.24, 2.45) is 0 Å². The lowest BCUT2D eigenvalue weighted by molar-refractivity contribution is -0.385. The summed E-state index contributed by atoms with van der Waals surface area (Å²) >= 11 is 0. The molecule has 0 bridgehead atoms. The maximum absolute atomic E-state index is 12.4. The number of carbonyl (C=O) groups excluding carboxylic acids is 1. The van der Waals surface area contributed by atoms with Gasteiger partial charge in [-0.25, -0.2) is 8.42 Å². The standard InChI is InChI=1S/C15H13N3O7S/c1-9-2-4-11(18(20)21)7-14(9)26(22,23)17-16-15(19)10-3-5-12-13(6-10)25-8-24-12/h2-7,17H,8H2,1H3,(H,16,19). The van der Waals surface area contributed by atoms with Gasteiger partial charge in [0.05, 0.1) is 9.82 Å². The monoisotopic (exact) mass is 379 g/mol. The van der Waals surface area contributed by atoms with Crippen LogP contribution in [0.3, 0.4) is 0 Å². The predicted octanol–water partition coefficient (Wildman–Crippen LogP) is 1.26. The molecule has 11 heteroatoms. The number of amides is 1. The van der Waals surface area contributed by atoms with Crippen LogP contribution in [0.15, 0.2) is 41.3 Å². The van der Waals surface area contributed by atoms with Crippen molar-refractivity contribution in [3.63, 3.8) is 0 Å². The molecule has 136 valence electrons. The molecular formula is C15H13N3O7S. The topological polar surface area (TPSA) is 137 Å². The van der Waals surface area contributed by atoms with Crippen LogP contribution in [0.4, 0.5) is 5.69 Å². The second kappa shape index (κ2) is 6.61. The molecule has 26 heavy (non-hydrogen) atoms. The van der Waals surface area contributed by atoms with E-state index in [0.717, 1.165) is 6.07 Å². The third-order valence-electron chi connectivity index (χ3n) is 3.61. The van der Waals surface area contributed by atoms with E-state index >= 15 is 0 Å². The molecule has 0 saturated heterocycles. The van der Waals surface area contributed by atoms with Crippen molar-refractivity contribution in [3.05, 3.63) is 57.6 Å². The summed E-state index contributed by atoms with van der Waals surface area (Å²) < 4.78 is 35.0. The van der Waals surface area contributed by atoms with Gasteiger partial charge < -0.3 is 9.47 Å². The second-order valence-electron chi connectivity index (χ2n) is 5.33. The van der Waals surface area contributed by atoms with Gasteiger partial charge in [-0.05, 0) is 30.7 Å². The normalized spacial score (nSPS) is 12.7. The Morgan fingerprint density at radius 2 is 1.88 bits per heavy atom. The Bertz CT molecular complexity index is 1000. The Morgan fingerprint density at radius 3 is 2.62 bits per heavy atom. The number of nitrogens with one attached hydrogen (secondary N) is 2. The highest BCUT2D eigenvalue weighted by Crippen LogP contribution is 2.32. The van der Waals surface area contributed by atoms with Crippen LogP contribution in [0, 0.1) is 17.0 Å². The van der Waals surface area contributed by atoms with E-state index in [0.29, 0.717) is 17.1 Å². The first kappa shape index (κ1) is 17.6. The van der Waals surface area contributed by atoms with Crippen LogP contribution < -0.4 is 19.7 Å². The van der Waals surface area contributed by atoms with Crippen molar-refractivity contribution in [2.75, 3.05) is 6.79 Å². The van der Waals surface area contributed by atoms with Gasteiger partial charge in [0.25, 0.3) is 21.6 Å². The minimum Gasteiger partial charge on any atom is -0.454 e. The molecule has 0 spiro atoms. The van der Waals surface area contributed by atoms with Gasteiger partial charge in [-0.15, -0.1) is 4.83 Å². The molecule has 1 aliphatic heterocycles. The van der Waals surface area contributed by atoms with Gasteiger partial charge in [-0.1, -0.05) is 6.07 Å². The molecule has 0 saturated carbocycles. The summed E-state index contributed by atoms with van der Waals surface area (Å²) in [5.74, 6) is 0.124. The lowest BCUT2D eigenvalue weighted by Gasteiger charge is -2.10. The molecule has 1 amide bonds. The summed E-state index contributed by atoms with van der Waals surface area (Å²) in [6.07, 6.45) is 0.